The first-order chi connectivity index (χ1) is 10.7. The smallest absolute Gasteiger partial charge is 0.258 e. The third-order valence-electron chi connectivity index (χ3n) is 3.36. The average molecular weight is 342 g/mol. The topological polar surface area (TPSA) is 92.8 Å². The Morgan fingerprint density at radius 1 is 1.13 bits per heavy atom. The van der Waals surface area contributed by atoms with Crippen LogP contribution in [0.3, 0.4) is 0 Å². The lowest BCUT2D eigenvalue weighted by atomic mass is 10.3. The van der Waals surface area contributed by atoms with E-state index in [4.69, 9.17) is 4.62 Å². The lowest BCUT2D eigenvalue weighted by Gasteiger charge is -2.35. The van der Waals surface area contributed by atoms with Crippen molar-refractivity contribution in [2.45, 2.75) is 0 Å². The standard InChI is InChI=1S/C12H21N7O3P/c1-15(2)23(16(3)4,17(5)6)22-18-12-9-10(19(20)21)7-8-11(12)13-14-18/h7-9H,1-6H3/q+1. The summed E-state index contributed by atoms with van der Waals surface area (Å²) in [6.45, 7) is 0. The highest BCUT2D eigenvalue weighted by molar-refractivity contribution is 7.64. The number of benzene rings is 1. The summed E-state index contributed by atoms with van der Waals surface area (Å²) in [5, 5.41) is 19.0. The molecule has 2 rings (SSSR count). The van der Waals surface area contributed by atoms with Crippen molar-refractivity contribution in [2.24, 2.45) is 0 Å². The van der Waals surface area contributed by atoms with Gasteiger partial charge in [0.05, 0.1) is 4.92 Å². The van der Waals surface area contributed by atoms with E-state index >= 15 is 0 Å². The summed E-state index contributed by atoms with van der Waals surface area (Å²) in [7, 11) is 9.12. The number of nitro groups is 1. The third kappa shape index (κ3) is 2.98. The van der Waals surface area contributed by atoms with Crippen molar-refractivity contribution < 1.29 is 9.55 Å². The predicted molar refractivity (Wildman–Crippen MR) is 88.7 cm³/mol. The Hall–Kier alpha value is -1.87. The molecule has 0 atom stereocenters. The van der Waals surface area contributed by atoms with E-state index in [0.717, 1.165) is 0 Å². The number of aromatic nitrogens is 3. The van der Waals surface area contributed by atoms with Gasteiger partial charge in [-0.25, -0.2) is 0 Å². The fourth-order valence-electron chi connectivity index (χ4n) is 2.46. The second kappa shape index (κ2) is 6.32. The molecule has 1 aromatic carbocycles. The third-order valence-corrected chi connectivity index (χ3v) is 6.86. The van der Waals surface area contributed by atoms with E-state index in [-0.39, 0.29) is 5.69 Å². The number of hydrogen-bond donors (Lipinski definition) is 0. The molecule has 126 valence electrons. The zero-order chi connectivity index (χ0) is 17.4. The molecule has 1 heterocycles. The van der Waals surface area contributed by atoms with Crippen LogP contribution in [-0.2, 0) is 0 Å². The highest BCUT2D eigenvalue weighted by Crippen LogP contribution is 2.61. The minimum absolute atomic E-state index is 0.0341. The summed E-state index contributed by atoms with van der Waals surface area (Å²) in [4.78, 5) is 11.8. The maximum Gasteiger partial charge on any atom is 0.449 e. The van der Waals surface area contributed by atoms with Gasteiger partial charge in [-0.15, -0.1) is 19.1 Å². The monoisotopic (exact) mass is 342 g/mol. The SMILES string of the molecule is CN(C)[P+](On1nnc2ccc([N+](=O)[O-])cc21)(N(C)C)N(C)C. The van der Waals surface area contributed by atoms with E-state index in [0.29, 0.717) is 11.0 Å². The number of nitro benzene ring substituents is 1. The molecular weight excluding hydrogens is 321 g/mol. The maximum absolute atomic E-state index is 11.0. The quantitative estimate of drug-likeness (QED) is 0.438. The molecule has 0 aliphatic heterocycles. The maximum atomic E-state index is 11.0. The Balaban J connectivity index is 2.54. The highest BCUT2D eigenvalue weighted by atomic mass is 31.2. The lowest BCUT2D eigenvalue weighted by molar-refractivity contribution is -0.384. The molecule has 0 N–H and O–H groups in total. The van der Waals surface area contributed by atoms with E-state index < -0.39 is 12.9 Å². The van der Waals surface area contributed by atoms with Gasteiger partial charge in [-0.3, -0.25) is 10.1 Å². The summed E-state index contributed by atoms with van der Waals surface area (Å²) in [5.74, 6) is 0. The number of nitrogens with zero attached hydrogens (tertiary/aromatic N) is 7. The minimum Gasteiger partial charge on any atom is -0.258 e. The van der Waals surface area contributed by atoms with Crippen molar-refractivity contribution in [3.8, 4) is 0 Å². The van der Waals surface area contributed by atoms with Crippen LogP contribution in [0.4, 0.5) is 5.69 Å². The van der Waals surface area contributed by atoms with Crippen LogP contribution < -0.4 is 4.62 Å². The fourth-order valence-corrected chi connectivity index (χ4v) is 5.37. The molecule has 0 bridgehead atoms. The Kier molecular flexibility index (Phi) is 4.81. The number of fused-ring (bicyclic) bond motifs is 1. The minimum atomic E-state index is -2.35. The summed E-state index contributed by atoms with van der Waals surface area (Å²) < 4.78 is 12.1. The van der Waals surface area contributed by atoms with Gasteiger partial charge < -0.3 is 0 Å². The molecule has 0 radical (unpaired) electrons. The fraction of sp³-hybridized carbons (Fsp3) is 0.500. The van der Waals surface area contributed by atoms with Crippen molar-refractivity contribution in [2.75, 3.05) is 42.3 Å². The summed E-state index contributed by atoms with van der Waals surface area (Å²) in [6, 6.07) is 4.36. The van der Waals surface area contributed by atoms with E-state index in [1.165, 1.54) is 17.0 Å². The molecule has 0 aliphatic carbocycles. The van der Waals surface area contributed by atoms with Gasteiger partial charge >= 0.3 is 7.94 Å². The van der Waals surface area contributed by atoms with Crippen molar-refractivity contribution in [1.29, 1.82) is 0 Å². The molecule has 0 fully saturated rings. The molecule has 0 amide bonds. The molecule has 11 heteroatoms. The van der Waals surface area contributed by atoms with Crippen molar-refractivity contribution in [3.05, 3.63) is 28.3 Å². The van der Waals surface area contributed by atoms with Crippen LogP contribution in [0.2, 0.25) is 0 Å². The zero-order valence-corrected chi connectivity index (χ0v) is 14.9. The van der Waals surface area contributed by atoms with Gasteiger partial charge in [-0.2, -0.15) is 4.62 Å². The molecule has 1 aromatic heterocycles. The largest absolute Gasteiger partial charge is 0.449 e. The zero-order valence-electron chi connectivity index (χ0n) is 14.0. The number of rotatable bonds is 6. The Bertz CT molecular complexity index is 694. The van der Waals surface area contributed by atoms with Gasteiger partial charge in [-0.1, -0.05) is 0 Å². The first-order valence-electron chi connectivity index (χ1n) is 6.82. The van der Waals surface area contributed by atoms with Gasteiger partial charge in [0, 0.05) is 54.4 Å². The average Bonchev–Trinajstić information content (AvgIpc) is 2.85. The highest BCUT2D eigenvalue weighted by Gasteiger charge is 2.54. The molecule has 0 saturated carbocycles. The van der Waals surface area contributed by atoms with Crippen LogP contribution >= 0.6 is 7.94 Å². The number of hydrogen-bond acceptors (Lipinski definition) is 8. The van der Waals surface area contributed by atoms with Crippen LogP contribution in [0.25, 0.3) is 11.0 Å². The molecule has 2 aromatic rings. The summed E-state index contributed by atoms with van der Waals surface area (Å²) >= 11 is 0. The first-order valence-corrected chi connectivity index (χ1v) is 8.39. The van der Waals surface area contributed by atoms with Crippen LogP contribution in [-0.4, -0.2) is 76.4 Å². The van der Waals surface area contributed by atoms with Crippen LogP contribution in [0.15, 0.2) is 18.2 Å². The van der Waals surface area contributed by atoms with Gasteiger partial charge in [0.2, 0.25) is 0 Å². The normalized spacial score (nSPS) is 12.6. The molecular formula is C12H21N7O3P+. The first kappa shape index (κ1) is 17.5. The van der Waals surface area contributed by atoms with Crippen molar-refractivity contribution >= 4 is 24.7 Å². The Morgan fingerprint density at radius 2 is 1.70 bits per heavy atom. The number of non-ortho nitro benzene ring substituents is 1. The lowest BCUT2D eigenvalue weighted by Crippen LogP contribution is -2.42. The predicted octanol–water partition coefficient (Wildman–Crippen LogP) is 1.13. The van der Waals surface area contributed by atoms with E-state index in [2.05, 4.69) is 10.3 Å². The van der Waals surface area contributed by atoms with Gasteiger partial charge in [0.1, 0.15) is 11.0 Å². The van der Waals surface area contributed by atoms with Crippen LogP contribution in [0.5, 0.6) is 0 Å². The van der Waals surface area contributed by atoms with Crippen LogP contribution in [0.1, 0.15) is 0 Å². The molecule has 0 aliphatic rings. The Morgan fingerprint density at radius 3 is 2.17 bits per heavy atom. The van der Waals surface area contributed by atoms with E-state index in [1.54, 1.807) is 6.07 Å². The van der Waals surface area contributed by atoms with Gasteiger partial charge in [0.15, 0.2) is 0 Å². The van der Waals surface area contributed by atoms with Gasteiger partial charge in [-0.05, 0) is 16.1 Å². The van der Waals surface area contributed by atoms with E-state index in [9.17, 15) is 10.1 Å². The molecule has 23 heavy (non-hydrogen) atoms. The van der Waals surface area contributed by atoms with Crippen molar-refractivity contribution in [1.82, 2.24) is 29.2 Å². The molecule has 0 saturated heterocycles. The molecule has 0 unspecified atom stereocenters. The second-order valence-corrected chi connectivity index (χ2v) is 9.12. The van der Waals surface area contributed by atoms with Crippen molar-refractivity contribution in [3.63, 3.8) is 0 Å². The Labute approximate surface area is 134 Å². The summed E-state index contributed by atoms with van der Waals surface area (Å²) in [6.07, 6.45) is 0. The van der Waals surface area contributed by atoms with E-state index in [1.807, 2.05) is 56.3 Å². The molecule has 0 spiro atoms. The van der Waals surface area contributed by atoms with Gasteiger partial charge in [0.25, 0.3) is 5.69 Å². The second-order valence-electron chi connectivity index (χ2n) is 5.53. The summed E-state index contributed by atoms with van der Waals surface area (Å²) in [5.41, 5.74) is 0.951. The molecule has 10 nitrogen and oxygen atoms in total. The van der Waals surface area contributed by atoms with Crippen LogP contribution in [0, 0.1) is 10.1 Å².